The summed E-state index contributed by atoms with van der Waals surface area (Å²) in [6.45, 7) is 2.20. The number of aryl methyl sites for hydroxylation is 1. The SMILES string of the molecule is Cc1cc(C(=O)[O-])nn1Cc1cc(Cl)cc2cc(C3CC3)oc12. The molecule has 0 N–H and O–H groups in total. The summed E-state index contributed by atoms with van der Waals surface area (Å²) in [4.78, 5) is 10.9. The van der Waals surface area contributed by atoms with E-state index in [1.54, 1.807) is 11.6 Å². The number of halogens is 1. The number of hydrogen-bond acceptors (Lipinski definition) is 4. The van der Waals surface area contributed by atoms with Gasteiger partial charge in [-0.1, -0.05) is 11.6 Å². The third-order valence-electron chi connectivity index (χ3n) is 4.17. The topological polar surface area (TPSA) is 71.1 Å². The van der Waals surface area contributed by atoms with Crippen LogP contribution >= 0.6 is 11.6 Å². The van der Waals surface area contributed by atoms with Crippen LogP contribution in [-0.2, 0) is 6.54 Å². The zero-order valence-corrected chi connectivity index (χ0v) is 13.3. The van der Waals surface area contributed by atoms with Crippen LogP contribution in [0.25, 0.3) is 11.0 Å². The molecule has 0 unspecified atom stereocenters. The Morgan fingerprint density at radius 3 is 2.83 bits per heavy atom. The van der Waals surface area contributed by atoms with Crippen molar-refractivity contribution in [1.82, 2.24) is 9.78 Å². The lowest BCUT2D eigenvalue weighted by atomic mass is 10.1. The van der Waals surface area contributed by atoms with Gasteiger partial charge in [0, 0.05) is 27.6 Å². The zero-order chi connectivity index (χ0) is 16.1. The molecule has 0 atom stereocenters. The van der Waals surface area contributed by atoms with E-state index in [1.807, 2.05) is 18.2 Å². The summed E-state index contributed by atoms with van der Waals surface area (Å²) in [6, 6.07) is 7.27. The van der Waals surface area contributed by atoms with Crippen molar-refractivity contribution < 1.29 is 14.3 Å². The molecule has 4 rings (SSSR count). The molecular weight excluding hydrogens is 316 g/mol. The molecule has 0 bridgehead atoms. The minimum Gasteiger partial charge on any atom is -0.543 e. The molecule has 1 aliphatic rings. The largest absolute Gasteiger partial charge is 0.543 e. The fraction of sp³-hybridized carbons (Fsp3) is 0.294. The normalized spacial score (nSPS) is 14.5. The van der Waals surface area contributed by atoms with Crippen molar-refractivity contribution >= 4 is 28.5 Å². The number of furan rings is 1. The van der Waals surface area contributed by atoms with Crippen molar-refractivity contribution in [2.24, 2.45) is 0 Å². The number of carboxylic acid groups (broad SMARTS) is 1. The second kappa shape index (κ2) is 5.13. The maximum atomic E-state index is 10.9. The first-order chi connectivity index (χ1) is 11.0. The molecule has 6 heteroatoms. The van der Waals surface area contributed by atoms with E-state index in [0.717, 1.165) is 40.8 Å². The maximum absolute atomic E-state index is 10.9. The quantitative estimate of drug-likeness (QED) is 0.738. The van der Waals surface area contributed by atoms with Gasteiger partial charge < -0.3 is 14.3 Å². The highest BCUT2D eigenvalue weighted by Gasteiger charge is 2.27. The summed E-state index contributed by atoms with van der Waals surface area (Å²) in [5.74, 6) is 0.235. The van der Waals surface area contributed by atoms with E-state index in [4.69, 9.17) is 16.0 Å². The van der Waals surface area contributed by atoms with Crippen LogP contribution in [0.3, 0.4) is 0 Å². The lowest BCUT2D eigenvalue weighted by molar-refractivity contribution is -0.255. The molecule has 2 aromatic heterocycles. The first-order valence-electron chi connectivity index (χ1n) is 7.49. The van der Waals surface area contributed by atoms with Gasteiger partial charge in [-0.3, -0.25) is 4.68 Å². The number of carbonyl (C=O) groups is 1. The Morgan fingerprint density at radius 2 is 2.17 bits per heavy atom. The van der Waals surface area contributed by atoms with Crippen LogP contribution < -0.4 is 5.11 Å². The molecule has 0 amide bonds. The van der Waals surface area contributed by atoms with Crippen molar-refractivity contribution in [2.45, 2.75) is 32.2 Å². The van der Waals surface area contributed by atoms with E-state index in [2.05, 4.69) is 5.10 Å². The maximum Gasteiger partial charge on any atom is 0.139 e. The lowest BCUT2D eigenvalue weighted by Crippen LogP contribution is -2.23. The monoisotopic (exact) mass is 329 g/mol. The second-order valence-corrected chi connectivity index (χ2v) is 6.46. The van der Waals surface area contributed by atoms with E-state index in [0.29, 0.717) is 17.5 Å². The summed E-state index contributed by atoms with van der Waals surface area (Å²) < 4.78 is 7.64. The average Bonchev–Trinajstić information content (AvgIpc) is 3.15. The Balaban J connectivity index is 1.77. The van der Waals surface area contributed by atoms with Crippen molar-refractivity contribution in [1.29, 1.82) is 0 Å². The van der Waals surface area contributed by atoms with Gasteiger partial charge >= 0.3 is 0 Å². The van der Waals surface area contributed by atoms with Gasteiger partial charge in [0.2, 0.25) is 0 Å². The Labute approximate surface area is 137 Å². The summed E-state index contributed by atoms with van der Waals surface area (Å²) >= 11 is 6.21. The fourth-order valence-electron chi connectivity index (χ4n) is 2.82. The standard InChI is InChI=1S/C17H15ClN2O3/c1-9-4-14(17(21)22)19-20(9)8-12-6-13(18)5-11-7-15(10-2-3-10)23-16(11)12/h4-7,10H,2-3,8H2,1H3,(H,21,22)/p-1. The highest BCUT2D eigenvalue weighted by atomic mass is 35.5. The van der Waals surface area contributed by atoms with Crippen molar-refractivity contribution in [3.8, 4) is 0 Å². The molecule has 0 aliphatic heterocycles. The number of aromatic carboxylic acids is 1. The van der Waals surface area contributed by atoms with Crippen LogP contribution in [0.1, 0.15) is 46.3 Å². The number of carboxylic acids is 1. The molecule has 1 aliphatic carbocycles. The van der Waals surface area contributed by atoms with E-state index < -0.39 is 5.97 Å². The Bertz CT molecular complexity index is 921. The first kappa shape index (κ1) is 14.3. The van der Waals surface area contributed by atoms with Gasteiger partial charge in [0.25, 0.3) is 0 Å². The smallest absolute Gasteiger partial charge is 0.139 e. The number of carbonyl (C=O) groups excluding carboxylic acids is 1. The molecule has 23 heavy (non-hydrogen) atoms. The van der Waals surface area contributed by atoms with E-state index >= 15 is 0 Å². The van der Waals surface area contributed by atoms with Gasteiger partial charge in [-0.2, -0.15) is 5.10 Å². The van der Waals surface area contributed by atoms with Crippen LogP contribution in [0, 0.1) is 6.92 Å². The third-order valence-corrected chi connectivity index (χ3v) is 4.39. The molecule has 5 nitrogen and oxygen atoms in total. The lowest BCUT2D eigenvalue weighted by Gasteiger charge is -2.06. The number of benzene rings is 1. The molecule has 3 aromatic rings. The minimum atomic E-state index is -1.28. The molecule has 0 radical (unpaired) electrons. The number of rotatable bonds is 4. The summed E-state index contributed by atoms with van der Waals surface area (Å²) in [7, 11) is 0. The summed E-state index contributed by atoms with van der Waals surface area (Å²) in [5.41, 5.74) is 2.35. The number of aromatic nitrogens is 2. The van der Waals surface area contributed by atoms with Gasteiger partial charge in [-0.25, -0.2) is 0 Å². The van der Waals surface area contributed by atoms with Gasteiger partial charge in [-0.15, -0.1) is 0 Å². The predicted octanol–water partition coefficient (Wildman–Crippen LogP) is 2.88. The predicted molar refractivity (Wildman–Crippen MR) is 83.6 cm³/mol. The van der Waals surface area contributed by atoms with Gasteiger partial charge in [0.05, 0.1) is 12.5 Å². The zero-order valence-electron chi connectivity index (χ0n) is 12.5. The third kappa shape index (κ3) is 2.61. The van der Waals surface area contributed by atoms with Crippen molar-refractivity contribution in [3.63, 3.8) is 0 Å². The highest BCUT2D eigenvalue weighted by Crippen LogP contribution is 2.43. The first-order valence-corrected chi connectivity index (χ1v) is 7.87. The highest BCUT2D eigenvalue weighted by molar-refractivity contribution is 6.31. The van der Waals surface area contributed by atoms with Crippen molar-refractivity contribution in [3.05, 3.63) is 52.0 Å². The molecule has 2 heterocycles. The molecule has 1 saturated carbocycles. The van der Waals surface area contributed by atoms with Crippen LogP contribution in [0.4, 0.5) is 0 Å². The molecule has 118 valence electrons. The van der Waals surface area contributed by atoms with Gasteiger partial charge in [0.15, 0.2) is 0 Å². The van der Waals surface area contributed by atoms with Crippen LogP contribution in [-0.4, -0.2) is 15.7 Å². The second-order valence-electron chi connectivity index (χ2n) is 6.02. The molecule has 1 fully saturated rings. The van der Waals surface area contributed by atoms with Crippen molar-refractivity contribution in [2.75, 3.05) is 0 Å². The summed E-state index contributed by atoms with van der Waals surface area (Å²) in [5, 5.41) is 16.6. The number of hydrogen-bond donors (Lipinski definition) is 0. The molecular formula is C17H14ClN2O3-. The molecule has 0 spiro atoms. The summed E-state index contributed by atoms with van der Waals surface area (Å²) in [6.07, 6.45) is 2.33. The molecule has 1 aromatic carbocycles. The van der Waals surface area contributed by atoms with E-state index in [9.17, 15) is 9.90 Å². The van der Waals surface area contributed by atoms with E-state index in [1.165, 1.54) is 6.07 Å². The van der Waals surface area contributed by atoms with E-state index in [-0.39, 0.29) is 5.69 Å². The fourth-order valence-corrected chi connectivity index (χ4v) is 3.07. The number of fused-ring (bicyclic) bond motifs is 1. The average molecular weight is 330 g/mol. The van der Waals surface area contributed by atoms with Gasteiger partial charge in [0.1, 0.15) is 17.0 Å². The van der Waals surface area contributed by atoms with Crippen LogP contribution in [0.2, 0.25) is 5.02 Å². The Kier molecular flexibility index (Phi) is 3.20. The van der Waals surface area contributed by atoms with Crippen LogP contribution in [0.15, 0.2) is 28.7 Å². The molecule has 0 saturated heterocycles. The Morgan fingerprint density at radius 1 is 1.39 bits per heavy atom. The van der Waals surface area contributed by atoms with Crippen LogP contribution in [0.5, 0.6) is 0 Å². The Hall–Kier alpha value is -2.27. The number of nitrogens with zero attached hydrogens (tertiary/aromatic N) is 2. The minimum absolute atomic E-state index is 0.0705. The van der Waals surface area contributed by atoms with Gasteiger partial charge in [-0.05, 0) is 44.0 Å².